The third-order valence-corrected chi connectivity index (χ3v) is 2.80. The zero-order valence-electron chi connectivity index (χ0n) is 8.26. The summed E-state index contributed by atoms with van der Waals surface area (Å²) in [4.78, 5) is 4.45. The van der Waals surface area contributed by atoms with Crippen LogP contribution in [0.25, 0.3) is 0 Å². The molecule has 1 aliphatic rings. The van der Waals surface area contributed by atoms with E-state index in [1.165, 1.54) is 0 Å². The van der Waals surface area contributed by atoms with Crippen LogP contribution in [0.5, 0.6) is 0 Å². The smallest absolute Gasteiger partial charge is 0.375 e. The monoisotopic (exact) mass is 267 g/mol. The molecular weight excluding hydrogens is 262 g/mol. The highest BCUT2D eigenvalue weighted by atomic mass is 35.5. The number of alkyl halides is 3. The Bertz CT molecular complexity index is 464. The Balaban J connectivity index is 2.51. The molecular formula is C10H6ClF4NO. The first kappa shape index (κ1) is 12.2. The number of halogens is 5. The molecule has 0 fully saturated rings. The maximum absolute atomic E-state index is 13.0. The van der Waals surface area contributed by atoms with E-state index in [1.54, 1.807) is 0 Å². The van der Waals surface area contributed by atoms with Crippen LogP contribution >= 0.6 is 11.6 Å². The van der Waals surface area contributed by atoms with Crippen molar-refractivity contribution in [2.45, 2.75) is 18.2 Å². The molecule has 17 heavy (non-hydrogen) atoms. The molecule has 0 radical (unpaired) electrons. The Morgan fingerprint density at radius 2 is 2.06 bits per heavy atom. The standard InChI is InChI=1S/C10H6ClF4NO/c11-7-5-6(1-2-8(7)12)9(10(13,14)15)3-4-16-17-9/h1-2,4-5H,3H2. The van der Waals surface area contributed by atoms with Crippen LogP contribution in [0.2, 0.25) is 5.02 Å². The van der Waals surface area contributed by atoms with Crippen LogP contribution in [0.3, 0.4) is 0 Å². The molecule has 1 aliphatic heterocycles. The largest absolute Gasteiger partial charge is 0.435 e. The van der Waals surface area contributed by atoms with E-state index in [2.05, 4.69) is 9.99 Å². The van der Waals surface area contributed by atoms with Crippen LogP contribution in [-0.4, -0.2) is 12.4 Å². The van der Waals surface area contributed by atoms with Crippen LogP contribution < -0.4 is 0 Å². The summed E-state index contributed by atoms with van der Waals surface area (Å²) in [6.45, 7) is 0. The van der Waals surface area contributed by atoms with Gasteiger partial charge in [-0.1, -0.05) is 22.8 Å². The Morgan fingerprint density at radius 1 is 1.35 bits per heavy atom. The molecule has 1 heterocycles. The highest BCUT2D eigenvalue weighted by molar-refractivity contribution is 6.30. The van der Waals surface area contributed by atoms with Gasteiger partial charge in [0, 0.05) is 18.2 Å². The number of nitrogens with zero attached hydrogens (tertiary/aromatic N) is 1. The third-order valence-electron chi connectivity index (χ3n) is 2.51. The van der Waals surface area contributed by atoms with E-state index in [1.807, 2.05) is 0 Å². The second-order valence-corrected chi connectivity index (χ2v) is 3.94. The topological polar surface area (TPSA) is 21.6 Å². The van der Waals surface area contributed by atoms with Gasteiger partial charge in [-0.25, -0.2) is 4.39 Å². The van der Waals surface area contributed by atoms with Crippen molar-refractivity contribution >= 4 is 17.8 Å². The molecule has 1 aromatic rings. The van der Waals surface area contributed by atoms with E-state index in [-0.39, 0.29) is 10.6 Å². The van der Waals surface area contributed by atoms with E-state index in [4.69, 9.17) is 11.6 Å². The maximum Gasteiger partial charge on any atom is 0.435 e. The van der Waals surface area contributed by atoms with Crippen molar-refractivity contribution in [1.82, 2.24) is 0 Å². The van der Waals surface area contributed by atoms with E-state index >= 15 is 0 Å². The van der Waals surface area contributed by atoms with Crippen LogP contribution in [0, 0.1) is 5.82 Å². The summed E-state index contributed by atoms with van der Waals surface area (Å²) in [5.74, 6) is -0.786. The van der Waals surface area contributed by atoms with Crippen LogP contribution in [-0.2, 0) is 10.4 Å². The van der Waals surface area contributed by atoms with Gasteiger partial charge in [0.15, 0.2) is 0 Å². The fourth-order valence-corrected chi connectivity index (χ4v) is 1.76. The quantitative estimate of drug-likeness (QED) is 0.712. The Labute approximate surface area is 98.8 Å². The van der Waals surface area contributed by atoms with Gasteiger partial charge >= 0.3 is 6.18 Å². The van der Waals surface area contributed by atoms with Gasteiger partial charge in [-0.05, 0) is 12.1 Å². The van der Waals surface area contributed by atoms with E-state index in [0.29, 0.717) is 0 Å². The molecule has 0 aromatic heterocycles. The molecule has 1 atom stereocenters. The molecule has 0 saturated heterocycles. The van der Waals surface area contributed by atoms with Gasteiger partial charge in [0.05, 0.1) is 5.02 Å². The average molecular weight is 268 g/mol. The third kappa shape index (κ3) is 1.86. The van der Waals surface area contributed by atoms with Crippen molar-refractivity contribution in [3.8, 4) is 0 Å². The molecule has 1 aromatic carbocycles. The van der Waals surface area contributed by atoms with Crippen molar-refractivity contribution in [3.05, 3.63) is 34.6 Å². The van der Waals surface area contributed by atoms with Crippen molar-refractivity contribution in [2.75, 3.05) is 0 Å². The minimum absolute atomic E-state index is 0.270. The number of benzene rings is 1. The summed E-state index contributed by atoms with van der Waals surface area (Å²) in [7, 11) is 0. The molecule has 0 aliphatic carbocycles. The molecule has 1 unspecified atom stereocenters. The Kier molecular flexibility index (Phi) is 2.77. The summed E-state index contributed by atoms with van der Waals surface area (Å²) in [6, 6.07) is 2.76. The predicted molar refractivity (Wildman–Crippen MR) is 53.3 cm³/mol. The number of hydrogen-bond donors (Lipinski definition) is 0. The summed E-state index contributed by atoms with van der Waals surface area (Å²) >= 11 is 5.47. The fourth-order valence-electron chi connectivity index (χ4n) is 1.58. The average Bonchev–Trinajstić information content (AvgIpc) is 2.71. The lowest BCUT2D eigenvalue weighted by molar-refractivity contribution is -0.275. The van der Waals surface area contributed by atoms with Crippen molar-refractivity contribution in [1.29, 1.82) is 0 Å². The first-order chi connectivity index (χ1) is 7.87. The molecule has 0 N–H and O–H groups in total. The molecule has 2 nitrogen and oxygen atoms in total. The minimum atomic E-state index is -4.66. The number of oxime groups is 1. The second-order valence-electron chi connectivity index (χ2n) is 3.54. The zero-order chi connectivity index (χ0) is 12.7. The molecule has 92 valence electrons. The van der Waals surface area contributed by atoms with Gasteiger partial charge in [-0.2, -0.15) is 13.2 Å². The predicted octanol–water partition coefficient (Wildman–Crippen LogP) is 3.64. The van der Waals surface area contributed by atoms with E-state index in [9.17, 15) is 17.6 Å². The van der Waals surface area contributed by atoms with Crippen molar-refractivity contribution in [3.63, 3.8) is 0 Å². The minimum Gasteiger partial charge on any atom is -0.375 e. The van der Waals surface area contributed by atoms with Gasteiger partial charge in [0.25, 0.3) is 5.60 Å². The van der Waals surface area contributed by atoms with Gasteiger partial charge in [0.1, 0.15) is 5.82 Å². The summed E-state index contributed by atoms with van der Waals surface area (Å²) in [6.07, 6.45) is -4.10. The lowest BCUT2D eigenvalue weighted by Crippen LogP contribution is -2.42. The Hall–Kier alpha value is -1.30. The first-order valence-corrected chi connectivity index (χ1v) is 4.97. The van der Waals surface area contributed by atoms with Crippen molar-refractivity contribution < 1.29 is 22.4 Å². The molecule has 7 heteroatoms. The zero-order valence-corrected chi connectivity index (χ0v) is 9.02. The molecule has 0 saturated carbocycles. The van der Waals surface area contributed by atoms with Gasteiger partial charge < -0.3 is 4.84 Å². The lowest BCUT2D eigenvalue weighted by Gasteiger charge is -2.29. The van der Waals surface area contributed by atoms with Crippen LogP contribution in [0.4, 0.5) is 17.6 Å². The highest BCUT2D eigenvalue weighted by Crippen LogP contribution is 2.47. The Morgan fingerprint density at radius 3 is 2.53 bits per heavy atom. The molecule has 0 bridgehead atoms. The highest BCUT2D eigenvalue weighted by Gasteiger charge is 2.60. The van der Waals surface area contributed by atoms with Crippen LogP contribution in [0.1, 0.15) is 12.0 Å². The normalized spacial score (nSPS) is 23.8. The lowest BCUT2D eigenvalue weighted by atomic mass is 9.90. The molecule has 0 spiro atoms. The second kappa shape index (κ2) is 3.87. The summed E-state index contributed by atoms with van der Waals surface area (Å²) < 4.78 is 51.9. The number of hydrogen-bond acceptors (Lipinski definition) is 2. The SMILES string of the molecule is Fc1ccc(C2(C(F)(F)F)CC=NO2)cc1Cl. The fraction of sp³-hybridized carbons (Fsp3) is 0.300. The molecule has 2 rings (SSSR count). The maximum atomic E-state index is 13.0. The summed E-state index contributed by atoms with van der Waals surface area (Å²) in [5, 5.41) is 2.76. The van der Waals surface area contributed by atoms with E-state index in [0.717, 1.165) is 24.4 Å². The molecule has 0 amide bonds. The van der Waals surface area contributed by atoms with Crippen LogP contribution in [0.15, 0.2) is 23.4 Å². The number of rotatable bonds is 1. The summed E-state index contributed by atoms with van der Waals surface area (Å²) in [5.41, 5.74) is -2.83. The first-order valence-electron chi connectivity index (χ1n) is 4.59. The van der Waals surface area contributed by atoms with E-state index < -0.39 is 24.0 Å². The van der Waals surface area contributed by atoms with Gasteiger partial charge in [-0.15, -0.1) is 0 Å². The van der Waals surface area contributed by atoms with Gasteiger partial charge in [-0.3, -0.25) is 0 Å². The van der Waals surface area contributed by atoms with Gasteiger partial charge in [0.2, 0.25) is 0 Å². The van der Waals surface area contributed by atoms with Crippen molar-refractivity contribution in [2.24, 2.45) is 5.16 Å².